The maximum Gasteiger partial charge on any atom is 0.0958 e. The van der Waals surface area contributed by atoms with Gasteiger partial charge in [-0.1, -0.05) is 46.8 Å². The number of imidazole rings is 2. The first-order valence-corrected chi connectivity index (χ1v) is 10.0. The number of benzene rings is 2. The molecule has 28 heavy (non-hydrogen) atoms. The highest BCUT2D eigenvalue weighted by molar-refractivity contribution is 5.77. The number of fused-ring (bicyclic) bond motifs is 2. The molecule has 4 nitrogen and oxygen atoms in total. The minimum Gasteiger partial charge on any atom is -0.334 e. The van der Waals surface area contributed by atoms with Crippen molar-refractivity contribution in [3.63, 3.8) is 0 Å². The second-order valence-electron chi connectivity index (χ2n) is 9.58. The SMILES string of the molecule is Cn1cnc2cc(C(C)(C)CCn3cnc4ccc(C(C)(C)C)cc43)ccc21. The third-order valence-corrected chi connectivity index (χ3v) is 5.97. The maximum absolute atomic E-state index is 4.61. The first-order valence-electron chi connectivity index (χ1n) is 10.0. The predicted molar refractivity (Wildman–Crippen MR) is 117 cm³/mol. The van der Waals surface area contributed by atoms with Gasteiger partial charge in [-0.2, -0.15) is 0 Å². The van der Waals surface area contributed by atoms with Gasteiger partial charge in [-0.05, 0) is 52.6 Å². The van der Waals surface area contributed by atoms with Crippen LogP contribution in [0.3, 0.4) is 0 Å². The summed E-state index contributed by atoms with van der Waals surface area (Å²) in [6.07, 6.45) is 4.90. The van der Waals surface area contributed by atoms with E-state index < -0.39 is 0 Å². The van der Waals surface area contributed by atoms with Crippen molar-refractivity contribution < 1.29 is 0 Å². The molecule has 0 atom stereocenters. The Morgan fingerprint density at radius 2 is 1.50 bits per heavy atom. The van der Waals surface area contributed by atoms with Gasteiger partial charge in [0.15, 0.2) is 0 Å². The Morgan fingerprint density at radius 3 is 2.25 bits per heavy atom. The quantitative estimate of drug-likeness (QED) is 0.467. The molecule has 0 aliphatic rings. The zero-order chi connectivity index (χ0) is 20.1. The van der Waals surface area contributed by atoms with Crippen molar-refractivity contribution in [3.05, 3.63) is 60.2 Å². The molecule has 146 valence electrons. The fourth-order valence-electron chi connectivity index (χ4n) is 3.80. The molecule has 0 fully saturated rings. The molecule has 0 amide bonds. The number of hydrogen-bond donors (Lipinski definition) is 0. The van der Waals surface area contributed by atoms with Crippen molar-refractivity contribution in [2.45, 2.75) is 58.4 Å². The molecule has 0 radical (unpaired) electrons. The number of rotatable bonds is 4. The van der Waals surface area contributed by atoms with Gasteiger partial charge in [-0.25, -0.2) is 9.97 Å². The summed E-state index contributed by atoms with van der Waals surface area (Å²) in [4.78, 5) is 9.13. The van der Waals surface area contributed by atoms with Crippen molar-refractivity contribution in [1.82, 2.24) is 19.1 Å². The average molecular weight is 375 g/mol. The van der Waals surface area contributed by atoms with E-state index in [1.54, 1.807) is 0 Å². The summed E-state index contributed by atoms with van der Waals surface area (Å²) in [6, 6.07) is 13.3. The van der Waals surface area contributed by atoms with Crippen LogP contribution in [0.4, 0.5) is 0 Å². The number of aryl methyl sites for hydroxylation is 2. The molecule has 0 bridgehead atoms. The minimum absolute atomic E-state index is 0.0595. The average Bonchev–Trinajstić information content (AvgIpc) is 3.22. The fraction of sp³-hybridized carbons (Fsp3) is 0.417. The molecule has 0 unspecified atom stereocenters. The van der Waals surface area contributed by atoms with Crippen LogP contribution in [-0.2, 0) is 24.4 Å². The van der Waals surface area contributed by atoms with E-state index in [1.165, 1.54) is 22.2 Å². The van der Waals surface area contributed by atoms with E-state index in [0.29, 0.717) is 0 Å². The van der Waals surface area contributed by atoms with Gasteiger partial charge in [-0.3, -0.25) is 0 Å². The number of nitrogens with zero attached hydrogens (tertiary/aromatic N) is 4. The fourth-order valence-corrected chi connectivity index (χ4v) is 3.80. The standard InChI is InChI=1S/C24H30N4/c1-23(2,3)17-7-9-19-22(14-17)28(16-26-19)12-11-24(4,5)18-8-10-21-20(13-18)25-15-27(21)6/h7-10,13-16H,11-12H2,1-6H3. The molecular weight excluding hydrogens is 344 g/mol. The second kappa shape index (κ2) is 6.47. The van der Waals surface area contributed by atoms with Crippen LogP contribution in [0, 0.1) is 0 Å². The largest absolute Gasteiger partial charge is 0.334 e. The molecule has 2 aromatic carbocycles. The van der Waals surface area contributed by atoms with E-state index in [4.69, 9.17) is 0 Å². The van der Waals surface area contributed by atoms with Gasteiger partial charge in [0.05, 0.1) is 34.7 Å². The third-order valence-electron chi connectivity index (χ3n) is 5.97. The van der Waals surface area contributed by atoms with Crippen molar-refractivity contribution in [2.24, 2.45) is 7.05 Å². The van der Waals surface area contributed by atoms with E-state index in [0.717, 1.165) is 24.0 Å². The van der Waals surface area contributed by atoms with Gasteiger partial charge >= 0.3 is 0 Å². The third kappa shape index (κ3) is 3.32. The highest BCUT2D eigenvalue weighted by Crippen LogP contribution is 2.31. The summed E-state index contributed by atoms with van der Waals surface area (Å²) in [5, 5.41) is 0. The van der Waals surface area contributed by atoms with E-state index in [9.17, 15) is 0 Å². The van der Waals surface area contributed by atoms with Crippen LogP contribution in [0.25, 0.3) is 22.1 Å². The van der Waals surface area contributed by atoms with Crippen LogP contribution in [0.5, 0.6) is 0 Å². The van der Waals surface area contributed by atoms with Gasteiger partial charge in [-0.15, -0.1) is 0 Å². The highest BCUT2D eigenvalue weighted by Gasteiger charge is 2.22. The lowest BCUT2D eigenvalue weighted by molar-refractivity contribution is 0.441. The summed E-state index contributed by atoms with van der Waals surface area (Å²) >= 11 is 0. The zero-order valence-electron chi connectivity index (χ0n) is 17.8. The van der Waals surface area contributed by atoms with Crippen molar-refractivity contribution in [1.29, 1.82) is 0 Å². The van der Waals surface area contributed by atoms with Crippen LogP contribution in [0.15, 0.2) is 49.1 Å². The van der Waals surface area contributed by atoms with Crippen LogP contribution in [0.2, 0.25) is 0 Å². The number of aromatic nitrogens is 4. The summed E-state index contributed by atoms with van der Waals surface area (Å²) < 4.78 is 4.36. The topological polar surface area (TPSA) is 35.6 Å². The van der Waals surface area contributed by atoms with E-state index in [1.807, 2.05) is 19.7 Å². The molecule has 4 rings (SSSR count). The summed E-state index contributed by atoms with van der Waals surface area (Å²) in [5.74, 6) is 0. The summed E-state index contributed by atoms with van der Waals surface area (Å²) in [6.45, 7) is 12.3. The number of hydrogen-bond acceptors (Lipinski definition) is 2. The van der Waals surface area contributed by atoms with Crippen LogP contribution >= 0.6 is 0 Å². The molecule has 4 aromatic rings. The van der Waals surface area contributed by atoms with Gasteiger partial charge in [0.2, 0.25) is 0 Å². The lowest BCUT2D eigenvalue weighted by Crippen LogP contribution is -2.20. The molecule has 2 aromatic heterocycles. The van der Waals surface area contributed by atoms with Crippen molar-refractivity contribution in [2.75, 3.05) is 0 Å². The van der Waals surface area contributed by atoms with Crippen LogP contribution in [-0.4, -0.2) is 19.1 Å². The Kier molecular flexibility index (Phi) is 4.33. The van der Waals surface area contributed by atoms with Crippen molar-refractivity contribution in [3.8, 4) is 0 Å². The maximum atomic E-state index is 4.61. The zero-order valence-corrected chi connectivity index (χ0v) is 17.8. The Hall–Kier alpha value is -2.62. The molecule has 0 spiro atoms. The lowest BCUT2D eigenvalue weighted by Gasteiger charge is -2.26. The predicted octanol–water partition coefficient (Wildman–Crippen LogP) is 5.59. The van der Waals surface area contributed by atoms with Crippen LogP contribution in [0.1, 0.15) is 52.2 Å². The molecule has 4 heteroatoms. The van der Waals surface area contributed by atoms with Gasteiger partial charge in [0.25, 0.3) is 0 Å². The normalized spacial score (nSPS) is 12.9. The Balaban J connectivity index is 1.60. The first kappa shape index (κ1) is 18.7. The molecule has 0 aliphatic carbocycles. The molecule has 0 saturated carbocycles. The van der Waals surface area contributed by atoms with Crippen LogP contribution < -0.4 is 0 Å². The molecule has 0 aliphatic heterocycles. The molecule has 2 heterocycles. The Bertz CT molecular complexity index is 1140. The monoisotopic (exact) mass is 374 g/mol. The Morgan fingerprint density at radius 1 is 0.786 bits per heavy atom. The van der Waals surface area contributed by atoms with E-state index >= 15 is 0 Å². The van der Waals surface area contributed by atoms with Gasteiger partial charge in [0, 0.05) is 13.6 Å². The van der Waals surface area contributed by atoms with Gasteiger partial charge < -0.3 is 9.13 Å². The van der Waals surface area contributed by atoms with E-state index in [-0.39, 0.29) is 10.8 Å². The molecular formula is C24H30N4. The van der Waals surface area contributed by atoms with Crippen molar-refractivity contribution >= 4 is 22.1 Å². The molecule has 0 saturated heterocycles. The summed E-state index contributed by atoms with van der Waals surface area (Å²) in [7, 11) is 2.04. The van der Waals surface area contributed by atoms with Gasteiger partial charge in [0.1, 0.15) is 0 Å². The highest BCUT2D eigenvalue weighted by atomic mass is 15.0. The second-order valence-corrected chi connectivity index (χ2v) is 9.58. The lowest BCUT2D eigenvalue weighted by atomic mass is 9.81. The Labute approximate surface area is 167 Å². The molecule has 0 N–H and O–H groups in total. The first-order chi connectivity index (χ1) is 13.1. The smallest absolute Gasteiger partial charge is 0.0958 e. The summed E-state index contributed by atoms with van der Waals surface area (Å²) in [5.41, 5.74) is 7.42. The minimum atomic E-state index is 0.0595. The van der Waals surface area contributed by atoms with E-state index in [2.05, 4.69) is 90.1 Å².